The molecule has 0 aliphatic carbocycles. The molecule has 4 heteroatoms. The first-order chi connectivity index (χ1) is 8.54. The van der Waals surface area contributed by atoms with Crippen molar-refractivity contribution < 1.29 is 9.53 Å². The van der Waals surface area contributed by atoms with Crippen LogP contribution in [0.3, 0.4) is 0 Å². The fourth-order valence-electron chi connectivity index (χ4n) is 1.56. The van der Waals surface area contributed by atoms with Crippen LogP contribution >= 0.6 is 0 Å². The van der Waals surface area contributed by atoms with Crippen LogP contribution in [0.15, 0.2) is 18.2 Å². The second kappa shape index (κ2) is 6.89. The van der Waals surface area contributed by atoms with Gasteiger partial charge < -0.3 is 15.8 Å². The van der Waals surface area contributed by atoms with Crippen LogP contribution in [0.2, 0.25) is 0 Å². The summed E-state index contributed by atoms with van der Waals surface area (Å²) >= 11 is 0. The van der Waals surface area contributed by atoms with E-state index in [1.807, 2.05) is 6.07 Å². The number of benzene rings is 1. The first kappa shape index (κ1) is 14.4. The molecule has 0 saturated carbocycles. The zero-order valence-electron chi connectivity index (χ0n) is 11.3. The Morgan fingerprint density at radius 1 is 1.44 bits per heavy atom. The number of ether oxygens (including phenoxy) is 1. The summed E-state index contributed by atoms with van der Waals surface area (Å²) in [5.41, 5.74) is 7.53. The molecule has 0 fully saturated rings. The summed E-state index contributed by atoms with van der Waals surface area (Å²) < 4.78 is 4.96. The highest BCUT2D eigenvalue weighted by Crippen LogP contribution is 2.19. The van der Waals surface area contributed by atoms with E-state index in [-0.39, 0.29) is 5.97 Å². The quantitative estimate of drug-likeness (QED) is 0.602. The summed E-state index contributed by atoms with van der Waals surface area (Å²) in [5.74, 6) is 0.276. The molecule has 100 valence electrons. The summed E-state index contributed by atoms with van der Waals surface area (Å²) in [4.78, 5) is 11.7. The molecule has 1 aromatic carbocycles. The Bertz CT molecular complexity index is 403. The summed E-state index contributed by atoms with van der Waals surface area (Å²) in [6.07, 6.45) is 1.08. The molecule has 0 atom stereocenters. The Morgan fingerprint density at radius 2 is 2.17 bits per heavy atom. The molecule has 0 radical (unpaired) electrons. The van der Waals surface area contributed by atoms with Gasteiger partial charge in [-0.3, -0.25) is 0 Å². The van der Waals surface area contributed by atoms with Crippen LogP contribution in [0.1, 0.15) is 37.6 Å². The van der Waals surface area contributed by atoms with E-state index >= 15 is 0 Å². The molecule has 0 aromatic heterocycles. The van der Waals surface area contributed by atoms with Gasteiger partial charge in [0.15, 0.2) is 0 Å². The SMILES string of the molecule is CCOC(=O)c1cc(NCCC(C)C)ccc1N. The maximum absolute atomic E-state index is 11.7. The van der Waals surface area contributed by atoms with Gasteiger partial charge in [0.2, 0.25) is 0 Å². The largest absolute Gasteiger partial charge is 0.462 e. The van der Waals surface area contributed by atoms with E-state index in [0.717, 1.165) is 18.7 Å². The van der Waals surface area contributed by atoms with E-state index in [2.05, 4.69) is 19.2 Å². The highest BCUT2D eigenvalue weighted by atomic mass is 16.5. The fourth-order valence-corrected chi connectivity index (χ4v) is 1.56. The van der Waals surface area contributed by atoms with E-state index < -0.39 is 0 Å². The molecular formula is C14H22N2O2. The molecule has 0 spiro atoms. The van der Waals surface area contributed by atoms with Gasteiger partial charge in [0.1, 0.15) is 0 Å². The molecule has 0 aliphatic rings. The Balaban J connectivity index is 2.71. The van der Waals surface area contributed by atoms with Crippen molar-refractivity contribution in [2.75, 3.05) is 24.2 Å². The molecular weight excluding hydrogens is 228 g/mol. The Morgan fingerprint density at radius 3 is 2.78 bits per heavy atom. The van der Waals surface area contributed by atoms with Crippen LogP contribution in [0, 0.1) is 5.92 Å². The van der Waals surface area contributed by atoms with Crippen LogP contribution in [-0.4, -0.2) is 19.1 Å². The van der Waals surface area contributed by atoms with Gasteiger partial charge in [-0.15, -0.1) is 0 Å². The molecule has 0 amide bonds. The summed E-state index contributed by atoms with van der Waals surface area (Å²) in [5, 5.41) is 3.28. The predicted octanol–water partition coefficient (Wildman–Crippen LogP) is 2.90. The summed E-state index contributed by atoms with van der Waals surface area (Å²) in [6, 6.07) is 5.34. The number of hydrogen-bond donors (Lipinski definition) is 2. The van der Waals surface area contributed by atoms with Crippen molar-refractivity contribution in [3.63, 3.8) is 0 Å². The van der Waals surface area contributed by atoms with Gasteiger partial charge in [-0.1, -0.05) is 13.8 Å². The molecule has 0 bridgehead atoms. The van der Waals surface area contributed by atoms with E-state index in [1.165, 1.54) is 0 Å². The molecule has 4 nitrogen and oxygen atoms in total. The Labute approximate surface area is 109 Å². The predicted molar refractivity (Wildman–Crippen MR) is 74.8 cm³/mol. The number of carbonyl (C=O) groups is 1. The third kappa shape index (κ3) is 4.28. The third-order valence-electron chi connectivity index (χ3n) is 2.60. The minimum Gasteiger partial charge on any atom is -0.462 e. The average Bonchev–Trinajstić information content (AvgIpc) is 2.31. The topological polar surface area (TPSA) is 64.3 Å². The maximum atomic E-state index is 11.7. The van der Waals surface area contributed by atoms with Crippen molar-refractivity contribution in [2.45, 2.75) is 27.2 Å². The average molecular weight is 250 g/mol. The molecule has 3 N–H and O–H groups in total. The van der Waals surface area contributed by atoms with Crippen LogP contribution in [0.4, 0.5) is 11.4 Å². The van der Waals surface area contributed by atoms with Crippen LogP contribution in [0.25, 0.3) is 0 Å². The van der Waals surface area contributed by atoms with Gasteiger partial charge >= 0.3 is 5.97 Å². The fraction of sp³-hybridized carbons (Fsp3) is 0.500. The van der Waals surface area contributed by atoms with Crippen LogP contribution in [-0.2, 0) is 4.74 Å². The first-order valence-electron chi connectivity index (χ1n) is 6.35. The minimum atomic E-state index is -0.373. The summed E-state index contributed by atoms with van der Waals surface area (Å²) in [6.45, 7) is 7.36. The Kier molecular flexibility index (Phi) is 5.49. The zero-order chi connectivity index (χ0) is 13.5. The highest BCUT2D eigenvalue weighted by Gasteiger charge is 2.11. The maximum Gasteiger partial charge on any atom is 0.340 e. The number of rotatable bonds is 6. The van der Waals surface area contributed by atoms with E-state index in [4.69, 9.17) is 10.5 Å². The monoisotopic (exact) mass is 250 g/mol. The van der Waals surface area contributed by atoms with Crippen molar-refractivity contribution >= 4 is 17.3 Å². The number of nitrogen functional groups attached to an aromatic ring is 1. The molecule has 1 aromatic rings. The van der Waals surface area contributed by atoms with Gasteiger partial charge in [0, 0.05) is 17.9 Å². The third-order valence-corrected chi connectivity index (χ3v) is 2.60. The minimum absolute atomic E-state index is 0.350. The number of hydrogen-bond acceptors (Lipinski definition) is 4. The van der Waals surface area contributed by atoms with E-state index in [1.54, 1.807) is 19.1 Å². The molecule has 18 heavy (non-hydrogen) atoms. The lowest BCUT2D eigenvalue weighted by atomic mass is 10.1. The van der Waals surface area contributed by atoms with Crippen molar-refractivity contribution in [3.05, 3.63) is 23.8 Å². The van der Waals surface area contributed by atoms with Crippen molar-refractivity contribution in [1.82, 2.24) is 0 Å². The standard InChI is InChI=1S/C14H22N2O2/c1-4-18-14(17)12-9-11(5-6-13(12)15)16-8-7-10(2)3/h5-6,9-10,16H,4,7-8,15H2,1-3H3. The van der Waals surface area contributed by atoms with Gasteiger partial charge in [0.25, 0.3) is 0 Å². The van der Waals surface area contributed by atoms with Crippen molar-refractivity contribution in [2.24, 2.45) is 5.92 Å². The van der Waals surface area contributed by atoms with Gasteiger partial charge in [-0.2, -0.15) is 0 Å². The van der Waals surface area contributed by atoms with E-state index in [9.17, 15) is 4.79 Å². The number of esters is 1. The van der Waals surface area contributed by atoms with Gasteiger partial charge in [0.05, 0.1) is 12.2 Å². The molecule has 1 rings (SSSR count). The molecule has 0 saturated heterocycles. The van der Waals surface area contributed by atoms with Gasteiger partial charge in [-0.25, -0.2) is 4.79 Å². The lowest BCUT2D eigenvalue weighted by Gasteiger charge is -2.11. The first-order valence-corrected chi connectivity index (χ1v) is 6.35. The van der Waals surface area contributed by atoms with Crippen molar-refractivity contribution in [3.8, 4) is 0 Å². The molecule has 0 heterocycles. The smallest absolute Gasteiger partial charge is 0.340 e. The number of nitrogens with one attached hydrogen (secondary N) is 1. The Hall–Kier alpha value is -1.71. The summed E-state index contributed by atoms with van der Waals surface area (Å²) in [7, 11) is 0. The second-order valence-corrected chi connectivity index (χ2v) is 4.63. The van der Waals surface area contributed by atoms with Gasteiger partial charge in [-0.05, 0) is 37.5 Å². The highest BCUT2D eigenvalue weighted by molar-refractivity contribution is 5.96. The van der Waals surface area contributed by atoms with E-state index in [0.29, 0.717) is 23.8 Å². The van der Waals surface area contributed by atoms with Crippen molar-refractivity contribution in [1.29, 1.82) is 0 Å². The molecule has 0 unspecified atom stereocenters. The van der Waals surface area contributed by atoms with Crippen LogP contribution < -0.4 is 11.1 Å². The second-order valence-electron chi connectivity index (χ2n) is 4.63. The lowest BCUT2D eigenvalue weighted by Crippen LogP contribution is -2.10. The number of nitrogens with two attached hydrogens (primary N) is 1. The van der Waals surface area contributed by atoms with Crippen LogP contribution in [0.5, 0.6) is 0 Å². The normalized spacial score (nSPS) is 10.4. The zero-order valence-corrected chi connectivity index (χ0v) is 11.3. The number of carbonyl (C=O) groups excluding carboxylic acids is 1. The lowest BCUT2D eigenvalue weighted by molar-refractivity contribution is 0.0527. The number of anilines is 2. The molecule has 0 aliphatic heterocycles.